The quantitative estimate of drug-likeness (QED) is 0.675. The fraction of sp³-hybridized carbons (Fsp3) is 0.533. The molecular formula is C15H21ClFNOS. The van der Waals surface area contributed by atoms with E-state index in [1.54, 1.807) is 29.2 Å². The van der Waals surface area contributed by atoms with Crippen LogP contribution >= 0.6 is 23.4 Å². The lowest BCUT2D eigenvalue weighted by Crippen LogP contribution is -2.42. The Kier molecular flexibility index (Phi) is 7.38. The van der Waals surface area contributed by atoms with E-state index in [9.17, 15) is 9.18 Å². The van der Waals surface area contributed by atoms with Gasteiger partial charge in [0, 0.05) is 22.5 Å². The molecule has 0 heterocycles. The lowest BCUT2D eigenvalue weighted by molar-refractivity contribution is -0.135. The Labute approximate surface area is 129 Å². The van der Waals surface area contributed by atoms with Crippen LogP contribution in [0.25, 0.3) is 0 Å². The number of alkyl halides is 1. The Balaban J connectivity index is 2.70. The largest absolute Gasteiger partial charge is 0.337 e. The number of thioether (sulfide) groups is 1. The third-order valence-corrected chi connectivity index (χ3v) is 4.32. The molecule has 1 aromatic carbocycles. The summed E-state index contributed by atoms with van der Waals surface area (Å²) in [6.45, 7) is 6.53. The maximum Gasteiger partial charge on any atom is 0.268 e. The zero-order chi connectivity index (χ0) is 15.1. The topological polar surface area (TPSA) is 20.3 Å². The summed E-state index contributed by atoms with van der Waals surface area (Å²) in [5.41, 5.74) is -1.57. The van der Waals surface area contributed by atoms with E-state index in [0.717, 1.165) is 24.6 Å². The number of halogens is 2. The minimum atomic E-state index is -1.57. The van der Waals surface area contributed by atoms with Crippen molar-refractivity contribution in [2.75, 3.05) is 6.54 Å². The molecule has 0 fully saturated rings. The first-order valence-corrected chi connectivity index (χ1v) is 8.12. The zero-order valence-electron chi connectivity index (χ0n) is 12.1. The molecule has 2 unspecified atom stereocenters. The molecule has 0 spiro atoms. The summed E-state index contributed by atoms with van der Waals surface area (Å²) in [5, 5.41) is 0.600. The van der Waals surface area contributed by atoms with Gasteiger partial charge in [0.15, 0.2) is 0 Å². The highest BCUT2D eigenvalue weighted by Crippen LogP contribution is 2.27. The minimum Gasteiger partial charge on any atom is -0.337 e. The molecule has 0 radical (unpaired) electrons. The van der Waals surface area contributed by atoms with Gasteiger partial charge in [0.05, 0.1) is 0 Å². The fourth-order valence-electron chi connectivity index (χ4n) is 1.82. The van der Waals surface area contributed by atoms with Gasteiger partial charge in [0.2, 0.25) is 5.50 Å². The van der Waals surface area contributed by atoms with E-state index in [2.05, 4.69) is 0 Å². The highest BCUT2D eigenvalue weighted by atomic mass is 35.5. The Morgan fingerprint density at radius 3 is 2.45 bits per heavy atom. The lowest BCUT2D eigenvalue weighted by Gasteiger charge is -2.29. The van der Waals surface area contributed by atoms with Crippen molar-refractivity contribution in [3.05, 3.63) is 29.3 Å². The molecule has 0 bridgehead atoms. The van der Waals surface area contributed by atoms with Crippen LogP contribution in [0.1, 0.15) is 33.6 Å². The molecule has 0 aliphatic carbocycles. The number of rotatable bonds is 7. The molecule has 0 N–H and O–H groups in total. The van der Waals surface area contributed by atoms with Crippen molar-refractivity contribution < 1.29 is 9.18 Å². The molecule has 0 saturated carbocycles. The summed E-state index contributed by atoms with van der Waals surface area (Å²) in [7, 11) is 0. The third kappa shape index (κ3) is 4.98. The summed E-state index contributed by atoms with van der Waals surface area (Å²) in [6, 6.07) is 6.89. The molecule has 0 aromatic heterocycles. The van der Waals surface area contributed by atoms with Crippen molar-refractivity contribution in [1.29, 1.82) is 0 Å². The average Bonchev–Trinajstić information content (AvgIpc) is 2.45. The Morgan fingerprint density at radius 1 is 1.35 bits per heavy atom. The summed E-state index contributed by atoms with van der Waals surface area (Å²) in [5.74, 6) is -0.443. The van der Waals surface area contributed by atoms with Crippen LogP contribution in [0.5, 0.6) is 0 Å². The second-order valence-electron chi connectivity index (χ2n) is 4.68. The predicted octanol–water partition coefficient (Wildman–Crippen LogP) is 4.76. The van der Waals surface area contributed by atoms with Crippen LogP contribution in [0.2, 0.25) is 5.02 Å². The monoisotopic (exact) mass is 317 g/mol. The standard InChI is InChI=1S/C15H21ClFNOS/c1-4-10-18(11(3)5-2)15(19)14(17)20-13-8-6-12(16)7-9-13/h6-9,11,14H,4-5,10H2,1-3H3. The highest BCUT2D eigenvalue weighted by molar-refractivity contribution is 8.00. The number of benzene rings is 1. The van der Waals surface area contributed by atoms with Crippen molar-refractivity contribution in [2.45, 2.75) is 50.1 Å². The predicted molar refractivity (Wildman–Crippen MR) is 84.0 cm³/mol. The van der Waals surface area contributed by atoms with Gasteiger partial charge in [0.1, 0.15) is 0 Å². The number of nitrogens with zero attached hydrogens (tertiary/aromatic N) is 1. The van der Waals surface area contributed by atoms with E-state index >= 15 is 0 Å². The van der Waals surface area contributed by atoms with Crippen LogP contribution in [0.4, 0.5) is 4.39 Å². The van der Waals surface area contributed by atoms with Gasteiger partial charge < -0.3 is 4.90 Å². The van der Waals surface area contributed by atoms with E-state index in [-0.39, 0.29) is 6.04 Å². The Hall–Kier alpha value is -0.740. The van der Waals surface area contributed by atoms with E-state index in [1.807, 2.05) is 20.8 Å². The maximum absolute atomic E-state index is 14.2. The van der Waals surface area contributed by atoms with Crippen LogP contribution in [-0.2, 0) is 4.79 Å². The van der Waals surface area contributed by atoms with Gasteiger partial charge in [-0.25, -0.2) is 4.39 Å². The fourth-order valence-corrected chi connectivity index (χ4v) is 2.72. The number of amides is 1. The van der Waals surface area contributed by atoms with Gasteiger partial charge >= 0.3 is 0 Å². The SMILES string of the molecule is CCCN(C(=O)C(F)Sc1ccc(Cl)cc1)C(C)CC. The molecular weight excluding hydrogens is 297 g/mol. The van der Waals surface area contributed by atoms with Gasteiger partial charge in [-0.1, -0.05) is 37.2 Å². The van der Waals surface area contributed by atoms with Crippen LogP contribution < -0.4 is 0 Å². The molecule has 0 aliphatic heterocycles. The molecule has 1 amide bonds. The Bertz CT molecular complexity index is 426. The molecule has 0 aliphatic rings. The number of hydrogen-bond acceptors (Lipinski definition) is 2. The molecule has 2 nitrogen and oxygen atoms in total. The number of hydrogen-bond donors (Lipinski definition) is 0. The second-order valence-corrected chi connectivity index (χ2v) is 6.23. The molecule has 2 atom stereocenters. The molecule has 5 heteroatoms. The van der Waals surface area contributed by atoms with Crippen molar-refractivity contribution in [1.82, 2.24) is 4.90 Å². The highest BCUT2D eigenvalue weighted by Gasteiger charge is 2.27. The molecule has 20 heavy (non-hydrogen) atoms. The van der Waals surface area contributed by atoms with E-state index in [4.69, 9.17) is 11.6 Å². The smallest absolute Gasteiger partial charge is 0.268 e. The minimum absolute atomic E-state index is 0.0616. The Morgan fingerprint density at radius 2 is 1.95 bits per heavy atom. The summed E-state index contributed by atoms with van der Waals surface area (Å²) >= 11 is 6.71. The van der Waals surface area contributed by atoms with Crippen LogP contribution in [0.15, 0.2) is 29.2 Å². The summed E-state index contributed by atoms with van der Waals surface area (Å²) in [6.07, 6.45) is 1.65. The van der Waals surface area contributed by atoms with Crippen molar-refractivity contribution in [2.24, 2.45) is 0 Å². The van der Waals surface area contributed by atoms with Crippen LogP contribution in [0.3, 0.4) is 0 Å². The van der Waals surface area contributed by atoms with E-state index in [1.165, 1.54) is 0 Å². The molecule has 1 aromatic rings. The average molecular weight is 318 g/mol. The molecule has 0 saturated heterocycles. The van der Waals surface area contributed by atoms with Crippen molar-refractivity contribution >= 4 is 29.3 Å². The van der Waals surface area contributed by atoms with Gasteiger partial charge in [-0.05, 0) is 44.0 Å². The first-order chi connectivity index (χ1) is 9.49. The zero-order valence-corrected chi connectivity index (χ0v) is 13.7. The van der Waals surface area contributed by atoms with Gasteiger partial charge in [-0.15, -0.1) is 0 Å². The molecule has 1 rings (SSSR count). The normalized spacial score (nSPS) is 13.8. The number of carbonyl (C=O) groups is 1. The van der Waals surface area contributed by atoms with Gasteiger partial charge in [-0.3, -0.25) is 4.79 Å². The number of carbonyl (C=O) groups excluding carboxylic acids is 1. The first kappa shape index (κ1) is 17.3. The third-order valence-electron chi connectivity index (χ3n) is 3.12. The van der Waals surface area contributed by atoms with Gasteiger partial charge in [-0.2, -0.15) is 0 Å². The molecule has 112 valence electrons. The van der Waals surface area contributed by atoms with E-state index < -0.39 is 11.4 Å². The van der Waals surface area contributed by atoms with Crippen LogP contribution in [0, 0.1) is 0 Å². The maximum atomic E-state index is 14.2. The van der Waals surface area contributed by atoms with Crippen molar-refractivity contribution in [3.8, 4) is 0 Å². The van der Waals surface area contributed by atoms with Crippen LogP contribution in [-0.4, -0.2) is 28.9 Å². The van der Waals surface area contributed by atoms with E-state index in [0.29, 0.717) is 16.5 Å². The van der Waals surface area contributed by atoms with Crippen molar-refractivity contribution in [3.63, 3.8) is 0 Å². The first-order valence-electron chi connectivity index (χ1n) is 6.86. The second kappa shape index (κ2) is 8.53. The lowest BCUT2D eigenvalue weighted by atomic mass is 10.2. The summed E-state index contributed by atoms with van der Waals surface area (Å²) in [4.78, 5) is 14.5. The van der Waals surface area contributed by atoms with Gasteiger partial charge in [0.25, 0.3) is 5.91 Å². The summed E-state index contributed by atoms with van der Waals surface area (Å²) < 4.78 is 14.2.